The van der Waals surface area contributed by atoms with Gasteiger partial charge in [0.05, 0.1) is 4.90 Å². The fourth-order valence-electron chi connectivity index (χ4n) is 2.09. The molecule has 0 saturated heterocycles. The first-order valence-corrected chi connectivity index (χ1v) is 9.47. The van der Waals surface area contributed by atoms with Gasteiger partial charge in [-0.1, -0.05) is 6.92 Å². The second-order valence-corrected chi connectivity index (χ2v) is 8.62. The van der Waals surface area contributed by atoms with E-state index in [1.807, 2.05) is 46.0 Å². The van der Waals surface area contributed by atoms with Crippen molar-refractivity contribution in [2.24, 2.45) is 0 Å². The van der Waals surface area contributed by atoms with E-state index in [9.17, 15) is 8.42 Å². The lowest BCUT2D eigenvalue weighted by molar-refractivity contribution is 0.333. The van der Waals surface area contributed by atoms with E-state index in [0.29, 0.717) is 24.5 Å². The van der Waals surface area contributed by atoms with E-state index in [4.69, 9.17) is 0 Å². The number of nitrogens with zero attached hydrogens (tertiary/aromatic N) is 2. The Morgan fingerprint density at radius 1 is 1.24 bits per heavy atom. The van der Waals surface area contributed by atoms with Crippen LogP contribution in [-0.4, -0.2) is 58.4 Å². The summed E-state index contributed by atoms with van der Waals surface area (Å²) in [6.45, 7) is 6.41. The molecule has 1 rings (SSSR count). The monoisotopic (exact) mass is 333 g/mol. The molecule has 0 aliphatic rings. The highest BCUT2D eigenvalue weighted by Gasteiger charge is 2.27. The molecule has 1 aromatic rings. The van der Waals surface area contributed by atoms with Gasteiger partial charge in [-0.3, -0.25) is 0 Å². The molecule has 21 heavy (non-hydrogen) atoms. The largest absolute Gasteiger partial charge is 0.315 e. The summed E-state index contributed by atoms with van der Waals surface area (Å²) in [5.41, 5.74) is 0. The summed E-state index contributed by atoms with van der Waals surface area (Å²) in [4.78, 5) is 4.39. The third-order valence-corrected chi connectivity index (χ3v) is 6.37. The predicted molar refractivity (Wildman–Crippen MR) is 89.4 cm³/mol. The number of sulfonamides is 1. The fraction of sp³-hybridized carbons (Fsp3) is 0.714. The molecule has 0 amide bonds. The minimum absolute atomic E-state index is 0.463. The van der Waals surface area contributed by atoms with Crippen LogP contribution in [-0.2, 0) is 16.6 Å². The Morgan fingerprint density at radius 3 is 2.43 bits per heavy atom. The molecule has 7 heteroatoms. The Morgan fingerprint density at radius 2 is 1.90 bits per heavy atom. The molecule has 1 aromatic heterocycles. The highest BCUT2D eigenvalue weighted by Crippen LogP contribution is 2.28. The fourth-order valence-corrected chi connectivity index (χ4v) is 5.23. The van der Waals surface area contributed by atoms with Crippen LogP contribution in [0.1, 0.15) is 23.1 Å². The van der Waals surface area contributed by atoms with Crippen molar-refractivity contribution in [3.63, 3.8) is 0 Å². The Labute approximate surface area is 133 Å². The molecule has 122 valence electrons. The molecule has 0 atom stereocenters. The first kappa shape index (κ1) is 18.6. The molecular formula is C14H27N3O2S2. The number of hydrogen-bond donors (Lipinski definition) is 1. The molecule has 0 saturated carbocycles. The van der Waals surface area contributed by atoms with E-state index in [1.54, 1.807) is 15.6 Å². The highest BCUT2D eigenvalue weighted by atomic mass is 32.2. The molecule has 0 aliphatic heterocycles. The third kappa shape index (κ3) is 5.03. The lowest BCUT2D eigenvalue weighted by Gasteiger charge is -2.23. The molecule has 0 aromatic carbocycles. The molecule has 0 fully saturated rings. The lowest BCUT2D eigenvalue weighted by Crippen LogP contribution is -2.37. The molecule has 5 nitrogen and oxygen atoms in total. The molecular weight excluding hydrogens is 306 g/mol. The van der Waals surface area contributed by atoms with Gasteiger partial charge in [-0.15, -0.1) is 11.3 Å². The van der Waals surface area contributed by atoms with Gasteiger partial charge >= 0.3 is 0 Å². The van der Waals surface area contributed by atoms with Crippen LogP contribution in [0, 0.1) is 6.92 Å². The predicted octanol–water partition coefficient (Wildman–Crippen LogP) is 1.74. The normalized spacial score (nSPS) is 12.5. The third-order valence-electron chi connectivity index (χ3n) is 3.16. The van der Waals surface area contributed by atoms with Crippen molar-refractivity contribution < 1.29 is 8.42 Å². The second-order valence-electron chi connectivity index (χ2n) is 5.37. The van der Waals surface area contributed by atoms with Crippen molar-refractivity contribution in [2.75, 3.05) is 40.8 Å². The van der Waals surface area contributed by atoms with E-state index in [-0.39, 0.29) is 0 Å². The smallest absolute Gasteiger partial charge is 0.244 e. The van der Waals surface area contributed by atoms with E-state index in [0.717, 1.165) is 22.7 Å². The van der Waals surface area contributed by atoms with E-state index in [2.05, 4.69) is 5.32 Å². The Hall–Kier alpha value is -0.470. The van der Waals surface area contributed by atoms with Gasteiger partial charge in [-0.25, -0.2) is 8.42 Å². The van der Waals surface area contributed by atoms with Crippen LogP contribution in [0.15, 0.2) is 11.0 Å². The van der Waals surface area contributed by atoms with Gasteiger partial charge < -0.3 is 10.2 Å². The Balaban J connectivity index is 3.04. The zero-order valence-corrected chi connectivity index (χ0v) is 15.3. The highest BCUT2D eigenvalue weighted by molar-refractivity contribution is 7.89. The van der Waals surface area contributed by atoms with E-state index >= 15 is 0 Å². The molecule has 0 unspecified atom stereocenters. The zero-order valence-electron chi connectivity index (χ0n) is 13.6. The maximum atomic E-state index is 12.9. The lowest BCUT2D eigenvalue weighted by atomic mass is 10.4. The number of aryl methyl sites for hydroxylation is 1. The van der Waals surface area contributed by atoms with Gasteiger partial charge in [-0.2, -0.15) is 4.31 Å². The van der Waals surface area contributed by atoms with Crippen LogP contribution >= 0.6 is 11.3 Å². The van der Waals surface area contributed by atoms with Gasteiger partial charge in [0.1, 0.15) is 0 Å². The van der Waals surface area contributed by atoms with Gasteiger partial charge in [0.15, 0.2) is 0 Å². The zero-order chi connectivity index (χ0) is 16.0. The molecule has 0 spiro atoms. The van der Waals surface area contributed by atoms with Crippen molar-refractivity contribution in [3.8, 4) is 0 Å². The molecule has 0 radical (unpaired) electrons. The summed E-state index contributed by atoms with van der Waals surface area (Å²) >= 11 is 1.55. The molecule has 1 heterocycles. The summed E-state index contributed by atoms with van der Waals surface area (Å²) in [6.07, 6.45) is 0.819. The van der Waals surface area contributed by atoms with Crippen LogP contribution in [0.5, 0.6) is 0 Å². The number of thiophene rings is 1. The first-order valence-electron chi connectivity index (χ1n) is 7.21. The summed E-state index contributed by atoms with van der Waals surface area (Å²) < 4.78 is 27.3. The van der Waals surface area contributed by atoms with Crippen molar-refractivity contribution >= 4 is 21.4 Å². The van der Waals surface area contributed by atoms with Crippen molar-refractivity contribution in [1.29, 1.82) is 0 Å². The van der Waals surface area contributed by atoms with Crippen molar-refractivity contribution in [3.05, 3.63) is 15.8 Å². The second kappa shape index (κ2) is 8.24. The van der Waals surface area contributed by atoms with Crippen LogP contribution in [0.3, 0.4) is 0 Å². The maximum Gasteiger partial charge on any atom is 0.244 e. The quantitative estimate of drug-likeness (QED) is 0.748. The number of hydrogen-bond acceptors (Lipinski definition) is 5. The average Bonchev–Trinajstić information content (AvgIpc) is 2.76. The van der Waals surface area contributed by atoms with Gasteiger partial charge in [0.2, 0.25) is 10.0 Å². The van der Waals surface area contributed by atoms with Crippen molar-refractivity contribution in [2.45, 2.75) is 31.7 Å². The minimum atomic E-state index is -3.40. The Kier molecular flexibility index (Phi) is 7.29. The van der Waals surface area contributed by atoms with Crippen molar-refractivity contribution in [1.82, 2.24) is 14.5 Å². The summed E-state index contributed by atoms with van der Waals surface area (Å²) in [6, 6.07) is 1.81. The number of rotatable bonds is 9. The number of nitrogens with one attached hydrogen (secondary N) is 1. The standard InChI is InChI=1S/C14H27N3O2S2/c1-6-7-17(9-8-16(4)5)21(18,19)14-10-13(11-15-3)20-12(14)2/h10,15H,6-9,11H2,1-5H3. The van der Waals surface area contributed by atoms with Gasteiger partial charge in [0.25, 0.3) is 0 Å². The molecule has 0 bridgehead atoms. The molecule has 1 N–H and O–H groups in total. The summed E-state index contributed by atoms with van der Waals surface area (Å²) in [7, 11) is 2.38. The van der Waals surface area contributed by atoms with Crippen LogP contribution in [0.4, 0.5) is 0 Å². The number of likely N-dealkylation sites (N-methyl/N-ethyl adjacent to an activating group) is 1. The van der Waals surface area contributed by atoms with E-state index in [1.165, 1.54) is 0 Å². The summed E-state index contributed by atoms with van der Waals surface area (Å²) in [5, 5.41) is 3.07. The van der Waals surface area contributed by atoms with Crippen LogP contribution in [0.2, 0.25) is 0 Å². The summed E-state index contributed by atoms with van der Waals surface area (Å²) in [5.74, 6) is 0. The van der Waals surface area contributed by atoms with Gasteiger partial charge in [-0.05, 0) is 40.6 Å². The van der Waals surface area contributed by atoms with Gasteiger partial charge in [0, 0.05) is 35.9 Å². The topological polar surface area (TPSA) is 52.7 Å². The molecule has 0 aliphatic carbocycles. The average molecular weight is 334 g/mol. The minimum Gasteiger partial charge on any atom is -0.315 e. The van der Waals surface area contributed by atoms with Crippen LogP contribution < -0.4 is 5.32 Å². The maximum absolute atomic E-state index is 12.9. The van der Waals surface area contributed by atoms with Crippen LogP contribution in [0.25, 0.3) is 0 Å². The first-order chi connectivity index (χ1) is 9.82. The van der Waals surface area contributed by atoms with E-state index < -0.39 is 10.0 Å². The SMILES string of the molecule is CCCN(CCN(C)C)S(=O)(=O)c1cc(CNC)sc1C. The Bertz CT molecular complexity index is 538.